The first-order valence-electron chi connectivity index (χ1n) is 5.03. The normalized spacial score (nSPS) is 12.5. The summed E-state index contributed by atoms with van der Waals surface area (Å²) in [6, 6.07) is 1.16. The number of aromatic nitrogens is 1. The van der Waals surface area contributed by atoms with E-state index in [1.165, 1.54) is 0 Å². The predicted octanol–water partition coefficient (Wildman–Crippen LogP) is -0.726. The van der Waals surface area contributed by atoms with Crippen LogP contribution in [0.4, 0.5) is 5.82 Å². The van der Waals surface area contributed by atoms with Crippen LogP contribution in [0.3, 0.4) is 0 Å². The van der Waals surface area contributed by atoms with Crippen molar-refractivity contribution in [2.75, 3.05) is 18.0 Å². The average molecular weight is 329 g/mol. The van der Waals surface area contributed by atoms with Crippen LogP contribution in [0.2, 0.25) is 5.02 Å². The van der Waals surface area contributed by atoms with Crippen molar-refractivity contribution in [2.45, 2.75) is 11.3 Å². The Kier molecular flexibility index (Phi) is 5.10. The summed E-state index contributed by atoms with van der Waals surface area (Å²) >= 11 is 5.67. The summed E-state index contributed by atoms with van der Waals surface area (Å²) in [4.78, 5) is 3.47. The molecule has 0 amide bonds. The molecule has 0 radical (unpaired) electrons. The molecule has 1 aromatic heterocycles. The number of nitrogens with two attached hydrogens (primary N) is 2. The zero-order valence-corrected chi connectivity index (χ0v) is 12.1. The second-order valence-electron chi connectivity index (χ2n) is 3.66. The van der Waals surface area contributed by atoms with E-state index in [1.54, 1.807) is 0 Å². The Hall–Kier alpha value is -0.940. The molecule has 19 heavy (non-hydrogen) atoms. The van der Waals surface area contributed by atoms with Crippen LogP contribution >= 0.6 is 11.6 Å². The number of pyridine rings is 1. The number of nitrogens with one attached hydrogen (secondary N) is 1. The van der Waals surface area contributed by atoms with E-state index >= 15 is 0 Å². The van der Waals surface area contributed by atoms with Crippen LogP contribution in [0, 0.1) is 0 Å². The summed E-state index contributed by atoms with van der Waals surface area (Å²) in [5.74, 6) is -0.286. The number of primary sulfonamides is 1. The highest BCUT2D eigenvalue weighted by atomic mass is 35.5. The molecule has 5 N–H and O–H groups in total. The molecular weight excluding hydrogens is 316 g/mol. The molecule has 0 aliphatic rings. The lowest BCUT2D eigenvalue weighted by Gasteiger charge is -2.07. The number of sulfonamides is 2. The Labute approximate surface area is 116 Å². The third-order valence-electron chi connectivity index (χ3n) is 2.05. The molecule has 1 rings (SSSR count). The van der Waals surface area contributed by atoms with Crippen LogP contribution in [-0.2, 0) is 20.0 Å². The molecule has 0 saturated carbocycles. The van der Waals surface area contributed by atoms with Crippen molar-refractivity contribution >= 4 is 37.5 Å². The van der Waals surface area contributed by atoms with Crippen molar-refractivity contribution in [3.63, 3.8) is 0 Å². The van der Waals surface area contributed by atoms with Gasteiger partial charge in [-0.1, -0.05) is 11.6 Å². The Bertz CT molecular complexity index is 659. The number of halogens is 1. The van der Waals surface area contributed by atoms with Gasteiger partial charge in [-0.15, -0.1) is 0 Å². The Morgan fingerprint density at radius 3 is 2.47 bits per heavy atom. The number of nitrogen functional groups attached to an aromatic ring is 1. The first kappa shape index (κ1) is 16.1. The maximum Gasteiger partial charge on any atom is 0.242 e. The molecule has 0 aliphatic carbocycles. The smallest absolute Gasteiger partial charge is 0.242 e. The standard InChI is InChI=1S/C8H13ClN4O4S2/c9-7-4-6(5-12-8(7)10)19(16,17)13-2-1-3-18(11,14)15/h4-5,13H,1-3H2,(H2,10,12)(H2,11,14,15). The minimum Gasteiger partial charge on any atom is -0.382 e. The van der Waals surface area contributed by atoms with Gasteiger partial charge in [0.25, 0.3) is 0 Å². The number of anilines is 1. The van der Waals surface area contributed by atoms with Gasteiger partial charge >= 0.3 is 0 Å². The lowest BCUT2D eigenvalue weighted by atomic mass is 10.5. The van der Waals surface area contributed by atoms with Gasteiger partial charge in [0.2, 0.25) is 20.0 Å². The molecule has 0 fully saturated rings. The first-order valence-corrected chi connectivity index (χ1v) is 8.60. The Balaban J connectivity index is 2.68. The third-order valence-corrected chi connectivity index (χ3v) is 4.64. The maximum atomic E-state index is 11.8. The van der Waals surface area contributed by atoms with Crippen molar-refractivity contribution in [1.82, 2.24) is 9.71 Å². The molecule has 0 atom stereocenters. The molecule has 8 nitrogen and oxygen atoms in total. The van der Waals surface area contributed by atoms with Crippen molar-refractivity contribution in [1.29, 1.82) is 0 Å². The molecule has 108 valence electrons. The minimum atomic E-state index is -3.81. The molecule has 0 spiro atoms. The van der Waals surface area contributed by atoms with Gasteiger partial charge in [0.15, 0.2) is 0 Å². The van der Waals surface area contributed by atoms with Gasteiger partial charge in [-0.2, -0.15) is 0 Å². The fraction of sp³-hybridized carbons (Fsp3) is 0.375. The van der Waals surface area contributed by atoms with Gasteiger partial charge in [0.1, 0.15) is 10.7 Å². The van der Waals surface area contributed by atoms with E-state index in [0.29, 0.717) is 0 Å². The summed E-state index contributed by atoms with van der Waals surface area (Å²) in [6.45, 7) is -0.0687. The van der Waals surface area contributed by atoms with E-state index in [0.717, 1.165) is 12.3 Å². The largest absolute Gasteiger partial charge is 0.382 e. The fourth-order valence-corrected chi connectivity index (χ4v) is 2.96. The van der Waals surface area contributed by atoms with Crippen molar-refractivity contribution < 1.29 is 16.8 Å². The molecule has 0 bridgehead atoms. The van der Waals surface area contributed by atoms with Crippen LogP contribution in [0.5, 0.6) is 0 Å². The topological polar surface area (TPSA) is 145 Å². The molecule has 11 heteroatoms. The van der Waals surface area contributed by atoms with Gasteiger partial charge in [0, 0.05) is 12.7 Å². The van der Waals surface area contributed by atoms with E-state index in [9.17, 15) is 16.8 Å². The third kappa shape index (κ3) is 5.28. The van der Waals surface area contributed by atoms with Gasteiger partial charge in [-0.25, -0.2) is 31.7 Å². The van der Waals surface area contributed by atoms with Gasteiger partial charge < -0.3 is 5.73 Å². The second-order valence-corrected chi connectivity index (χ2v) is 7.56. The Morgan fingerprint density at radius 2 is 1.95 bits per heavy atom. The number of nitrogens with zero attached hydrogens (tertiary/aromatic N) is 1. The number of hydrogen-bond donors (Lipinski definition) is 3. The SMILES string of the molecule is Nc1ncc(S(=O)(=O)NCCCS(N)(=O)=O)cc1Cl. The summed E-state index contributed by atoms with van der Waals surface area (Å²) in [5.41, 5.74) is 5.36. The quantitative estimate of drug-likeness (QED) is 0.587. The molecule has 1 heterocycles. The molecule has 0 aromatic carbocycles. The summed E-state index contributed by atoms with van der Waals surface area (Å²) in [6.07, 6.45) is 1.12. The van der Waals surface area contributed by atoms with E-state index in [2.05, 4.69) is 9.71 Å². The van der Waals surface area contributed by atoms with Crippen molar-refractivity contribution in [3.8, 4) is 0 Å². The maximum absolute atomic E-state index is 11.8. The highest BCUT2D eigenvalue weighted by Gasteiger charge is 2.15. The fourth-order valence-electron chi connectivity index (χ4n) is 1.14. The van der Waals surface area contributed by atoms with E-state index in [4.69, 9.17) is 22.5 Å². The summed E-state index contributed by atoms with van der Waals surface area (Å²) < 4.78 is 47.1. The highest BCUT2D eigenvalue weighted by molar-refractivity contribution is 7.89. The number of rotatable bonds is 6. The molecule has 0 saturated heterocycles. The first-order chi connectivity index (χ1) is 8.62. The summed E-state index contributed by atoms with van der Waals surface area (Å²) in [7, 11) is -7.41. The number of hydrogen-bond acceptors (Lipinski definition) is 6. The van der Waals surface area contributed by atoms with Gasteiger partial charge in [-0.3, -0.25) is 0 Å². The van der Waals surface area contributed by atoms with Gasteiger partial charge in [0.05, 0.1) is 10.8 Å². The van der Waals surface area contributed by atoms with E-state index < -0.39 is 20.0 Å². The van der Waals surface area contributed by atoms with E-state index in [1.807, 2.05) is 0 Å². The predicted molar refractivity (Wildman–Crippen MR) is 71.4 cm³/mol. The van der Waals surface area contributed by atoms with Crippen LogP contribution in [0.15, 0.2) is 17.2 Å². The molecule has 1 aromatic rings. The van der Waals surface area contributed by atoms with Gasteiger partial charge in [-0.05, 0) is 12.5 Å². The van der Waals surface area contributed by atoms with Crippen LogP contribution in [0.25, 0.3) is 0 Å². The Morgan fingerprint density at radius 1 is 1.32 bits per heavy atom. The van der Waals surface area contributed by atoms with Crippen molar-refractivity contribution in [3.05, 3.63) is 17.3 Å². The van der Waals surface area contributed by atoms with Crippen molar-refractivity contribution in [2.24, 2.45) is 5.14 Å². The molecular formula is C8H13ClN4O4S2. The lowest BCUT2D eigenvalue weighted by Crippen LogP contribution is -2.27. The van der Waals surface area contributed by atoms with Crippen LogP contribution in [-0.4, -0.2) is 34.1 Å². The monoisotopic (exact) mass is 328 g/mol. The second kappa shape index (κ2) is 6.01. The zero-order valence-electron chi connectivity index (χ0n) is 9.71. The molecule has 0 aliphatic heterocycles. The van der Waals surface area contributed by atoms with Crippen LogP contribution < -0.4 is 15.6 Å². The minimum absolute atomic E-state index is 0.0208. The summed E-state index contributed by atoms with van der Waals surface area (Å²) in [5, 5.41) is 4.81. The lowest BCUT2D eigenvalue weighted by molar-refractivity contribution is 0.576. The zero-order chi connectivity index (χ0) is 14.7. The highest BCUT2D eigenvalue weighted by Crippen LogP contribution is 2.19. The van der Waals surface area contributed by atoms with E-state index in [-0.39, 0.29) is 34.5 Å². The molecule has 0 unspecified atom stereocenters. The van der Waals surface area contributed by atoms with Crippen LogP contribution in [0.1, 0.15) is 6.42 Å². The average Bonchev–Trinajstić information content (AvgIpc) is 2.27.